The summed E-state index contributed by atoms with van der Waals surface area (Å²) >= 11 is 0. The fourth-order valence-electron chi connectivity index (χ4n) is 2.41. The molecule has 0 amide bonds. The van der Waals surface area contributed by atoms with Gasteiger partial charge >= 0.3 is 5.56 Å². The molecule has 2 heterocycles. The van der Waals surface area contributed by atoms with Crippen LogP contribution in [0.1, 0.15) is 19.7 Å². The fraction of sp³-hybridized carbons (Fsp3) is 0.250. The average Bonchev–Trinajstić information content (AvgIpc) is 2.83. The Hall–Kier alpha value is -2.36. The van der Waals surface area contributed by atoms with Gasteiger partial charge in [-0.3, -0.25) is 0 Å². The van der Waals surface area contributed by atoms with Gasteiger partial charge in [-0.05, 0) is 11.5 Å². The van der Waals surface area contributed by atoms with Crippen molar-refractivity contribution in [2.45, 2.75) is 20.3 Å². The van der Waals surface area contributed by atoms with Gasteiger partial charge in [0.25, 0.3) is 5.82 Å². The lowest BCUT2D eigenvalue weighted by molar-refractivity contribution is -0.364. The molecule has 102 valence electrons. The van der Waals surface area contributed by atoms with Gasteiger partial charge in [0.15, 0.2) is 11.0 Å². The van der Waals surface area contributed by atoms with E-state index >= 15 is 0 Å². The summed E-state index contributed by atoms with van der Waals surface area (Å²) < 4.78 is 0. The smallest absolute Gasteiger partial charge is 0.345 e. The number of aromatic nitrogens is 3. The van der Waals surface area contributed by atoms with E-state index in [-0.39, 0.29) is 5.56 Å². The molecule has 0 bridgehead atoms. The van der Waals surface area contributed by atoms with Crippen molar-refractivity contribution >= 4 is 11.0 Å². The predicted octanol–water partition coefficient (Wildman–Crippen LogP) is 2.54. The Morgan fingerprint density at radius 1 is 1.15 bits per heavy atom. The Kier molecular flexibility index (Phi) is 3.14. The number of H-pyrrole nitrogens is 3. The Balaban J connectivity index is 2.11. The van der Waals surface area contributed by atoms with E-state index < -0.39 is 0 Å². The molecule has 20 heavy (non-hydrogen) atoms. The first-order valence-electron chi connectivity index (χ1n) is 6.86. The van der Waals surface area contributed by atoms with Crippen molar-refractivity contribution in [3.05, 3.63) is 52.6 Å². The van der Waals surface area contributed by atoms with Crippen LogP contribution in [0, 0.1) is 5.92 Å². The third-order valence-corrected chi connectivity index (χ3v) is 3.29. The normalized spacial score (nSPS) is 11.3. The van der Waals surface area contributed by atoms with E-state index in [0.29, 0.717) is 11.4 Å². The molecule has 0 fully saturated rings. The number of benzene rings is 1. The molecular weight excluding hydrogens is 250 g/mol. The second kappa shape index (κ2) is 4.96. The van der Waals surface area contributed by atoms with Gasteiger partial charge in [0.2, 0.25) is 0 Å². The highest BCUT2D eigenvalue weighted by Crippen LogP contribution is 2.19. The minimum absolute atomic E-state index is 0.0726. The summed E-state index contributed by atoms with van der Waals surface area (Å²) in [7, 11) is 0. The van der Waals surface area contributed by atoms with Crippen molar-refractivity contribution in [1.29, 1.82) is 0 Å². The molecule has 2 aromatic heterocycles. The maximum absolute atomic E-state index is 12.1. The van der Waals surface area contributed by atoms with Crippen molar-refractivity contribution in [3.8, 4) is 11.3 Å². The molecule has 4 nitrogen and oxygen atoms in total. The van der Waals surface area contributed by atoms with Crippen LogP contribution in [0.15, 0.2) is 41.2 Å². The maximum Gasteiger partial charge on any atom is 0.359 e. The first-order chi connectivity index (χ1) is 9.63. The zero-order chi connectivity index (χ0) is 14.1. The van der Waals surface area contributed by atoms with Crippen LogP contribution in [0.2, 0.25) is 0 Å². The SMILES string of the molecule is CC(C)Cc1[nH]c(=O)c2[nH]c(-c3ccccc3)cc2[nH+]1. The van der Waals surface area contributed by atoms with Crippen LogP contribution in [-0.2, 0) is 6.42 Å². The van der Waals surface area contributed by atoms with Gasteiger partial charge in [-0.15, -0.1) is 0 Å². The third-order valence-electron chi connectivity index (χ3n) is 3.29. The highest BCUT2D eigenvalue weighted by molar-refractivity contribution is 5.79. The largest absolute Gasteiger partial charge is 0.359 e. The second-order valence-electron chi connectivity index (χ2n) is 5.49. The summed E-state index contributed by atoms with van der Waals surface area (Å²) in [6, 6.07) is 12.0. The quantitative estimate of drug-likeness (QED) is 0.753. The molecule has 3 N–H and O–H groups in total. The molecule has 1 aromatic carbocycles. The summed E-state index contributed by atoms with van der Waals surface area (Å²) in [5.41, 5.74) is 3.39. The first kappa shape index (κ1) is 12.7. The lowest BCUT2D eigenvalue weighted by atomic mass is 10.1. The first-order valence-corrected chi connectivity index (χ1v) is 6.86. The van der Waals surface area contributed by atoms with Gasteiger partial charge in [-0.25, -0.2) is 14.8 Å². The second-order valence-corrected chi connectivity index (χ2v) is 5.49. The fourth-order valence-corrected chi connectivity index (χ4v) is 2.41. The van der Waals surface area contributed by atoms with Crippen LogP contribution in [0.3, 0.4) is 0 Å². The average molecular weight is 268 g/mol. The van der Waals surface area contributed by atoms with E-state index in [9.17, 15) is 4.79 Å². The molecule has 0 unspecified atom stereocenters. The van der Waals surface area contributed by atoms with E-state index in [0.717, 1.165) is 29.0 Å². The Morgan fingerprint density at radius 3 is 2.60 bits per heavy atom. The van der Waals surface area contributed by atoms with E-state index in [1.165, 1.54) is 0 Å². The Labute approximate surface area is 116 Å². The van der Waals surface area contributed by atoms with E-state index in [4.69, 9.17) is 0 Å². The Bertz CT molecular complexity index is 784. The van der Waals surface area contributed by atoms with Crippen molar-refractivity contribution < 1.29 is 4.98 Å². The molecule has 0 spiro atoms. The van der Waals surface area contributed by atoms with Crippen LogP contribution in [0.5, 0.6) is 0 Å². The molecule has 0 saturated heterocycles. The molecule has 3 aromatic rings. The molecule has 0 aliphatic carbocycles. The number of nitrogens with one attached hydrogen (secondary N) is 3. The maximum atomic E-state index is 12.1. The van der Waals surface area contributed by atoms with Crippen LogP contribution in [0.25, 0.3) is 22.3 Å². The molecule has 0 atom stereocenters. The number of aromatic amines is 3. The molecule has 0 saturated carbocycles. The molecule has 3 rings (SSSR count). The number of hydrogen-bond acceptors (Lipinski definition) is 1. The molecule has 0 radical (unpaired) electrons. The zero-order valence-corrected chi connectivity index (χ0v) is 11.7. The predicted molar refractivity (Wildman–Crippen MR) is 79.5 cm³/mol. The molecule has 0 aliphatic rings. The number of rotatable bonds is 3. The van der Waals surface area contributed by atoms with Crippen molar-refractivity contribution in [2.75, 3.05) is 0 Å². The van der Waals surface area contributed by atoms with Gasteiger partial charge in [-0.1, -0.05) is 44.2 Å². The highest BCUT2D eigenvalue weighted by Gasteiger charge is 2.14. The van der Waals surface area contributed by atoms with Crippen LogP contribution in [-0.4, -0.2) is 9.97 Å². The van der Waals surface area contributed by atoms with Crippen molar-refractivity contribution in [1.82, 2.24) is 9.97 Å². The van der Waals surface area contributed by atoms with Crippen LogP contribution in [0.4, 0.5) is 0 Å². The van der Waals surface area contributed by atoms with E-state index in [2.05, 4.69) is 28.8 Å². The topological polar surface area (TPSA) is 62.8 Å². The number of hydrogen-bond donors (Lipinski definition) is 2. The minimum atomic E-state index is -0.0726. The van der Waals surface area contributed by atoms with Crippen molar-refractivity contribution in [3.63, 3.8) is 0 Å². The summed E-state index contributed by atoms with van der Waals surface area (Å²) in [5.74, 6) is 1.36. The highest BCUT2D eigenvalue weighted by atomic mass is 16.1. The van der Waals surface area contributed by atoms with Crippen molar-refractivity contribution in [2.24, 2.45) is 5.92 Å². The molecule has 0 aliphatic heterocycles. The van der Waals surface area contributed by atoms with Gasteiger partial charge in [0.05, 0.1) is 12.1 Å². The summed E-state index contributed by atoms with van der Waals surface area (Å²) in [4.78, 5) is 21.5. The zero-order valence-electron chi connectivity index (χ0n) is 11.7. The summed E-state index contributed by atoms with van der Waals surface area (Å²) in [6.07, 6.45) is 0.830. The lowest BCUT2D eigenvalue weighted by Gasteiger charge is -1.98. The van der Waals surface area contributed by atoms with Crippen LogP contribution >= 0.6 is 0 Å². The van der Waals surface area contributed by atoms with Gasteiger partial charge in [0, 0.05) is 6.07 Å². The van der Waals surface area contributed by atoms with Gasteiger partial charge in [0.1, 0.15) is 0 Å². The lowest BCUT2D eigenvalue weighted by Crippen LogP contribution is -2.23. The molecular formula is C16H18N3O+. The standard InChI is InChI=1S/C16H17N3O/c1-10(2)8-14-17-13-9-12(11-6-4-3-5-7-11)18-15(13)16(20)19-14/h3-7,9-10,18H,8H2,1-2H3,(H,17,19,20)/p+1. The number of fused-ring (bicyclic) bond motifs is 1. The van der Waals surface area contributed by atoms with E-state index in [1.807, 2.05) is 36.4 Å². The van der Waals surface area contributed by atoms with Gasteiger partial charge in [-0.2, -0.15) is 0 Å². The summed E-state index contributed by atoms with van der Waals surface area (Å²) in [5, 5.41) is 0. The third kappa shape index (κ3) is 2.37. The minimum Gasteiger partial charge on any atom is -0.345 e. The van der Waals surface area contributed by atoms with E-state index in [1.54, 1.807) is 0 Å². The summed E-state index contributed by atoms with van der Waals surface area (Å²) in [6.45, 7) is 4.26. The van der Waals surface area contributed by atoms with Gasteiger partial charge < -0.3 is 4.98 Å². The van der Waals surface area contributed by atoms with Crippen LogP contribution < -0.4 is 10.5 Å². The molecule has 4 heteroatoms. The monoisotopic (exact) mass is 268 g/mol. The Morgan fingerprint density at radius 2 is 1.90 bits per heavy atom.